The summed E-state index contributed by atoms with van der Waals surface area (Å²) in [5, 5.41) is 0. The van der Waals surface area contributed by atoms with E-state index in [0.717, 1.165) is 12.8 Å². The van der Waals surface area contributed by atoms with Gasteiger partial charge < -0.3 is 11.5 Å². The van der Waals surface area contributed by atoms with Crippen LogP contribution in [0.2, 0.25) is 0 Å². The third-order valence-corrected chi connectivity index (χ3v) is 3.34. The van der Waals surface area contributed by atoms with E-state index in [9.17, 15) is 0 Å². The molecule has 0 radical (unpaired) electrons. The van der Waals surface area contributed by atoms with Crippen molar-refractivity contribution in [2.75, 3.05) is 7.05 Å². The Morgan fingerprint density at radius 2 is 1.23 bits per heavy atom. The Labute approximate surface area is 81.5 Å². The maximum absolute atomic E-state index is 6.04. The third kappa shape index (κ3) is 2.03. The molecule has 1 rings (SSSR count). The molecule has 0 aromatic heterocycles. The largest absolute Gasteiger partial charge is 0.313 e. The second-order valence-corrected chi connectivity index (χ2v) is 5.77. The van der Waals surface area contributed by atoms with Crippen LogP contribution in [0, 0.1) is 0 Å². The molecule has 0 aromatic carbocycles. The van der Waals surface area contributed by atoms with Crippen molar-refractivity contribution >= 4 is 0 Å². The standard InChI is InChI=1S/C10H23N3/c1-8(2)6-10(11,12)7-9(3,4)13(8)5/h6-7,11-12H2,1-5H3. The highest BCUT2D eigenvalue weighted by Gasteiger charge is 2.47. The number of likely N-dealkylation sites (tertiary alicyclic amines) is 1. The van der Waals surface area contributed by atoms with Crippen molar-refractivity contribution in [2.24, 2.45) is 11.5 Å². The lowest BCUT2D eigenvalue weighted by molar-refractivity contribution is -0.0384. The van der Waals surface area contributed by atoms with Crippen LogP contribution in [0.25, 0.3) is 0 Å². The molecule has 0 atom stereocenters. The number of hydrogen-bond donors (Lipinski definition) is 2. The van der Waals surface area contributed by atoms with E-state index in [1.54, 1.807) is 0 Å². The summed E-state index contributed by atoms with van der Waals surface area (Å²) in [5.74, 6) is 0. The van der Waals surface area contributed by atoms with Gasteiger partial charge in [-0.15, -0.1) is 0 Å². The Morgan fingerprint density at radius 1 is 0.923 bits per heavy atom. The molecule has 3 nitrogen and oxygen atoms in total. The molecule has 1 saturated heterocycles. The molecule has 1 aliphatic heterocycles. The zero-order chi connectivity index (χ0) is 10.5. The quantitative estimate of drug-likeness (QED) is 0.551. The molecule has 0 amide bonds. The number of nitrogens with two attached hydrogens (primary N) is 2. The van der Waals surface area contributed by atoms with Gasteiger partial charge in [0.15, 0.2) is 0 Å². The van der Waals surface area contributed by atoms with Gasteiger partial charge in [-0.2, -0.15) is 0 Å². The van der Waals surface area contributed by atoms with Crippen molar-refractivity contribution in [3.63, 3.8) is 0 Å². The molecule has 1 aliphatic rings. The molecule has 0 aromatic rings. The first-order valence-corrected chi connectivity index (χ1v) is 4.89. The molecule has 0 bridgehead atoms. The van der Waals surface area contributed by atoms with Crippen molar-refractivity contribution < 1.29 is 0 Å². The maximum atomic E-state index is 6.04. The molecule has 0 aliphatic carbocycles. The molecule has 0 spiro atoms. The highest BCUT2D eigenvalue weighted by atomic mass is 15.3. The lowest BCUT2D eigenvalue weighted by atomic mass is 9.74. The second kappa shape index (κ2) is 2.69. The molecule has 0 saturated carbocycles. The fourth-order valence-corrected chi connectivity index (χ4v) is 2.73. The van der Waals surface area contributed by atoms with Crippen LogP contribution >= 0.6 is 0 Å². The summed E-state index contributed by atoms with van der Waals surface area (Å²) >= 11 is 0. The average molecular weight is 185 g/mol. The Bertz CT molecular complexity index is 186. The van der Waals surface area contributed by atoms with Gasteiger partial charge in [0.05, 0.1) is 5.66 Å². The summed E-state index contributed by atoms with van der Waals surface area (Å²) in [6, 6.07) is 0. The molecule has 13 heavy (non-hydrogen) atoms. The topological polar surface area (TPSA) is 55.3 Å². The van der Waals surface area contributed by atoms with Crippen LogP contribution in [-0.4, -0.2) is 28.7 Å². The predicted molar refractivity (Wildman–Crippen MR) is 56.3 cm³/mol. The van der Waals surface area contributed by atoms with E-state index < -0.39 is 5.66 Å². The smallest absolute Gasteiger partial charge is 0.0671 e. The third-order valence-electron chi connectivity index (χ3n) is 3.34. The van der Waals surface area contributed by atoms with Crippen molar-refractivity contribution in [3.05, 3.63) is 0 Å². The number of piperidine rings is 1. The van der Waals surface area contributed by atoms with Crippen molar-refractivity contribution in [2.45, 2.75) is 57.3 Å². The maximum Gasteiger partial charge on any atom is 0.0671 e. The highest BCUT2D eigenvalue weighted by Crippen LogP contribution is 2.38. The fourth-order valence-electron chi connectivity index (χ4n) is 2.73. The van der Waals surface area contributed by atoms with Gasteiger partial charge in [-0.1, -0.05) is 0 Å². The second-order valence-electron chi connectivity index (χ2n) is 5.77. The molecule has 3 heteroatoms. The van der Waals surface area contributed by atoms with Crippen LogP contribution in [0.15, 0.2) is 0 Å². The van der Waals surface area contributed by atoms with Gasteiger partial charge >= 0.3 is 0 Å². The van der Waals surface area contributed by atoms with E-state index in [4.69, 9.17) is 11.5 Å². The number of nitrogens with zero attached hydrogens (tertiary/aromatic N) is 1. The van der Waals surface area contributed by atoms with E-state index in [-0.39, 0.29) is 11.1 Å². The monoisotopic (exact) mass is 185 g/mol. The minimum absolute atomic E-state index is 0.0885. The normalized spacial score (nSPS) is 31.6. The van der Waals surface area contributed by atoms with Gasteiger partial charge in [-0.25, -0.2) is 0 Å². The molecule has 0 unspecified atom stereocenters. The first-order valence-electron chi connectivity index (χ1n) is 4.89. The molecule has 1 heterocycles. The average Bonchev–Trinajstić information content (AvgIpc) is 1.77. The van der Waals surface area contributed by atoms with Gasteiger partial charge in [0.2, 0.25) is 0 Å². The van der Waals surface area contributed by atoms with Crippen molar-refractivity contribution in [1.29, 1.82) is 0 Å². The lowest BCUT2D eigenvalue weighted by Crippen LogP contribution is -2.69. The van der Waals surface area contributed by atoms with Crippen LogP contribution < -0.4 is 11.5 Å². The van der Waals surface area contributed by atoms with Gasteiger partial charge in [0, 0.05) is 11.1 Å². The van der Waals surface area contributed by atoms with Crippen LogP contribution in [0.5, 0.6) is 0 Å². The van der Waals surface area contributed by atoms with E-state index in [0.29, 0.717) is 0 Å². The number of hydrogen-bond acceptors (Lipinski definition) is 3. The van der Waals surface area contributed by atoms with Gasteiger partial charge in [-0.05, 0) is 47.6 Å². The fraction of sp³-hybridized carbons (Fsp3) is 1.00. The van der Waals surface area contributed by atoms with Gasteiger partial charge in [0.25, 0.3) is 0 Å². The summed E-state index contributed by atoms with van der Waals surface area (Å²) in [6.07, 6.45) is 1.69. The summed E-state index contributed by atoms with van der Waals surface area (Å²) in [5.41, 5.74) is 11.7. The number of rotatable bonds is 0. The minimum Gasteiger partial charge on any atom is -0.313 e. The summed E-state index contributed by atoms with van der Waals surface area (Å²) in [4.78, 5) is 2.37. The van der Waals surface area contributed by atoms with Crippen molar-refractivity contribution in [1.82, 2.24) is 4.90 Å². The molecule has 78 valence electrons. The molecular weight excluding hydrogens is 162 g/mol. The highest BCUT2D eigenvalue weighted by molar-refractivity contribution is 5.04. The zero-order valence-electron chi connectivity index (χ0n) is 9.52. The molecule has 1 fully saturated rings. The Kier molecular flexibility index (Phi) is 2.26. The minimum atomic E-state index is -0.514. The van der Waals surface area contributed by atoms with Crippen LogP contribution in [0.1, 0.15) is 40.5 Å². The first kappa shape index (κ1) is 11.0. The van der Waals surface area contributed by atoms with E-state index in [2.05, 4.69) is 39.6 Å². The van der Waals surface area contributed by atoms with E-state index >= 15 is 0 Å². The molecule has 4 N–H and O–H groups in total. The first-order chi connectivity index (χ1) is 5.57. The Morgan fingerprint density at radius 3 is 1.54 bits per heavy atom. The van der Waals surface area contributed by atoms with Crippen LogP contribution in [0.4, 0.5) is 0 Å². The van der Waals surface area contributed by atoms with Gasteiger partial charge in [-0.3, -0.25) is 4.90 Å². The summed E-state index contributed by atoms with van der Waals surface area (Å²) in [6.45, 7) is 8.79. The predicted octanol–water partition coefficient (Wildman–Crippen LogP) is 0.883. The summed E-state index contributed by atoms with van der Waals surface area (Å²) in [7, 11) is 2.15. The van der Waals surface area contributed by atoms with Crippen LogP contribution in [0.3, 0.4) is 0 Å². The van der Waals surface area contributed by atoms with Gasteiger partial charge in [0.1, 0.15) is 0 Å². The lowest BCUT2D eigenvalue weighted by Gasteiger charge is -2.56. The Balaban J connectivity index is 2.96. The summed E-state index contributed by atoms with van der Waals surface area (Å²) < 4.78 is 0. The SMILES string of the molecule is CN1C(C)(C)CC(N)(N)CC1(C)C. The molecular formula is C10H23N3. The Hall–Kier alpha value is -0.120. The van der Waals surface area contributed by atoms with E-state index in [1.807, 2.05) is 0 Å². The van der Waals surface area contributed by atoms with Crippen LogP contribution in [-0.2, 0) is 0 Å². The van der Waals surface area contributed by atoms with Crippen molar-refractivity contribution in [3.8, 4) is 0 Å². The zero-order valence-corrected chi connectivity index (χ0v) is 9.52. The van der Waals surface area contributed by atoms with E-state index in [1.165, 1.54) is 0 Å².